The van der Waals surface area contributed by atoms with Crippen LogP contribution in [0.15, 0.2) is 203 Å². The molecule has 0 saturated carbocycles. The second-order valence-electron chi connectivity index (χ2n) is 24.8. The van der Waals surface area contributed by atoms with Gasteiger partial charge in [0.25, 0.3) is 6.71 Å². The molecule has 0 spiro atoms. The molecule has 3 aromatic heterocycles. The maximum absolute atomic E-state index is 6.70. The van der Waals surface area contributed by atoms with E-state index in [1.807, 2.05) is 0 Å². The van der Waals surface area contributed by atoms with Crippen molar-refractivity contribution in [1.82, 2.24) is 4.57 Å². The number of hydrogen-bond donors (Lipinski definition) is 0. The number of para-hydroxylation sites is 6. The van der Waals surface area contributed by atoms with Crippen LogP contribution >= 0.6 is 0 Å². The molecular weight excluding hydrogens is 1010 g/mol. The molecule has 0 N–H and O–H groups in total. The van der Waals surface area contributed by atoms with Crippen molar-refractivity contribution in [3.8, 4) is 27.9 Å². The SMILES string of the molecule is Cc1cc2c3c(c1)N(c1c(C)cc(-c4cccc5c4oc4ccccc45)cc1C)c1cc4c(cc1B3c1cc(C(C)(C)C)ccc1N2c1c(C)cc(-c2cccc3c2oc2ccccc23)cc1C)c1ccccc1n4-c1c(C)cccc1C. The average molecular weight is 1070 g/mol. The van der Waals surface area contributed by atoms with E-state index < -0.39 is 0 Å². The summed E-state index contributed by atoms with van der Waals surface area (Å²) < 4.78 is 15.9. The van der Waals surface area contributed by atoms with E-state index in [2.05, 4.69) is 278 Å². The van der Waals surface area contributed by atoms with Crippen LogP contribution in [0.3, 0.4) is 0 Å². The molecule has 0 atom stereocenters. The second kappa shape index (κ2) is 17.7. The normalized spacial score (nSPS) is 13.1. The van der Waals surface area contributed by atoms with Crippen LogP contribution in [0, 0.1) is 48.5 Å². The van der Waals surface area contributed by atoms with E-state index in [1.54, 1.807) is 0 Å². The van der Waals surface area contributed by atoms with Gasteiger partial charge in [0.1, 0.15) is 22.3 Å². The number of aryl methyl sites for hydroxylation is 7. The van der Waals surface area contributed by atoms with Gasteiger partial charge in [0, 0.05) is 66.2 Å². The predicted octanol–water partition coefficient (Wildman–Crippen LogP) is 19.5. The van der Waals surface area contributed by atoms with Gasteiger partial charge in [-0.1, -0.05) is 148 Å². The van der Waals surface area contributed by atoms with Crippen molar-refractivity contribution in [3.63, 3.8) is 0 Å². The summed E-state index contributed by atoms with van der Waals surface area (Å²) in [7, 11) is 0. The summed E-state index contributed by atoms with van der Waals surface area (Å²) in [6.45, 7) is 23.0. The molecule has 0 aliphatic carbocycles. The van der Waals surface area contributed by atoms with Gasteiger partial charge in [0.15, 0.2) is 0 Å². The number of rotatable bonds is 5. The number of aromatic nitrogens is 1. The third-order valence-electron chi connectivity index (χ3n) is 18.4. The minimum absolute atomic E-state index is 0.0942. The lowest BCUT2D eigenvalue weighted by Gasteiger charge is -2.46. The van der Waals surface area contributed by atoms with Crippen molar-refractivity contribution < 1.29 is 8.83 Å². The monoisotopic (exact) mass is 1070 g/mol. The highest BCUT2D eigenvalue weighted by molar-refractivity contribution is 7.00. The van der Waals surface area contributed by atoms with Gasteiger partial charge in [-0.2, -0.15) is 0 Å². The minimum Gasteiger partial charge on any atom is -0.455 e. The topological polar surface area (TPSA) is 37.7 Å². The molecule has 400 valence electrons. The summed E-state index contributed by atoms with van der Waals surface area (Å²) in [6, 6.07) is 72.6. The fraction of sp³-hybridized carbons (Fsp3) is 0.143. The summed E-state index contributed by atoms with van der Waals surface area (Å²) in [5.74, 6) is 0. The highest BCUT2D eigenvalue weighted by atomic mass is 16.3. The predicted molar refractivity (Wildman–Crippen MR) is 352 cm³/mol. The van der Waals surface area contributed by atoms with Gasteiger partial charge in [0.05, 0.1) is 28.1 Å². The number of benzene rings is 11. The summed E-state index contributed by atoms with van der Waals surface area (Å²) in [5, 5.41) is 7.03. The molecule has 0 radical (unpaired) electrons. The van der Waals surface area contributed by atoms with Crippen molar-refractivity contribution >= 4 is 123 Å². The Balaban J connectivity index is 0.983. The quantitative estimate of drug-likeness (QED) is 0.161. The van der Waals surface area contributed by atoms with E-state index in [0.29, 0.717) is 0 Å². The number of nitrogens with zero attached hydrogens (tertiary/aromatic N) is 3. The lowest BCUT2D eigenvalue weighted by molar-refractivity contribution is 0.591. The van der Waals surface area contributed by atoms with E-state index in [9.17, 15) is 0 Å². The van der Waals surface area contributed by atoms with Crippen LogP contribution in [-0.2, 0) is 5.41 Å². The fourth-order valence-corrected chi connectivity index (χ4v) is 14.8. The van der Waals surface area contributed by atoms with Crippen molar-refractivity contribution in [2.75, 3.05) is 9.80 Å². The largest absolute Gasteiger partial charge is 0.455 e. The van der Waals surface area contributed by atoms with Crippen LogP contribution in [-0.4, -0.2) is 11.3 Å². The first-order chi connectivity index (χ1) is 40.2. The molecule has 0 saturated heterocycles. The average Bonchev–Trinajstić information content (AvgIpc) is 3.76. The Morgan fingerprint density at radius 2 is 0.843 bits per heavy atom. The van der Waals surface area contributed by atoms with Crippen LogP contribution in [0.5, 0.6) is 0 Å². The maximum atomic E-state index is 6.70. The van der Waals surface area contributed by atoms with Crippen LogP contribution in [0.25, 0.3) is 93.6 Å². The van der Waals surface area contributed by atoms with Crippen LogP contribution in [0.4, 0.5) is 34.1 Å². The Kier molecular flexibility index (Phi) is 10.5. The number of fused-ring (bicyclic) bond motifs is 13. The molecule has 0 unspecified atom stereocenters. The first kappa shape index (κ1) is 49.3. The molecule has 0 fully saturated rings. The molecule has 83 heavy (non-hydrogen) atoms. The molecular formula is C77H62BN3O2. The van der Waals surface area contributed by atoms with E-state index in [0.717, 1.165) is 66.1 Å². The molecule has 2 aliphatic heterocycles. The van der Waals surface area contributed by atoms with E-state index >= 15 is 0 Å². The smallest absolute Gasteiger partial charge is 0.252 e. The van der Waals surface area contributed by atoms with Crippen molar-refractivity contribution in [1.29, 1.82) is 0 Å². The molecule has 5 nitrogen and oxygen atoms in total. The van der Waals surface area contributed by atoms with E-state index in [4.69, 9.17) is 8.83 Å². The van der Waals surface area contributed by atoms with Gasteiger partial charge in [-0.25, -0.2) is 0 Å². The Labute approximate surface area is 484 Å². The molecule has 16 rings (SSSR count). The Hall–Kier alpha value is -9.52. The summed E-state index contributed by atoms with van der Waals surface area (Å²) in [4.78, 5) is 5.26. The van der Waals surface area contributed by atoms with Gasteiger partial charge in [-0.05, 0) is 193 Å². The van der Waals surface area contributed by atoms with Gasteiger partial charge < -0.3 is 23.2 Å². The van der Waals surface area contributed by atoms with E-state index in [1.165, 1.54) is 123 Å². The third-order valence-corrected chi connectivity index (χ3v) is 18.4. The lowest BCUT2D eigenvalue weighted by atomic mass is 9.33. The van der Waals surface area contributed by atoms with Crippen molar-refractivity contribution in [2.24, 2.45) is 0 Å². The van der Waals surface area contributed by atoms with Crippen LogP contribution < -0.4 is 26.2 Å². The first-order valence-corrected chi connectivity index (χ1v) is 29.3. The molecule has 0 amide bonds. The highest BCUT2D eigenvalue weighted by Crippen LogP contribution is 2.51. The number of anilines is 6. The first-order valence-electron chi connectivity index (χ1n) is 29.3. The Morgan fingerprint density at radius 3 is 1.40 bits per heavy atom. The zero-order chi connectivity index (χ0) is 56.5. The van der Waals surface area contributed by atoms with Crippen molar-refractivity contribution in [3.05, 3.63) is 239 Å². The molecule has 14 aromatic rings. The number of hydrogen-bond acceptors (Lipinski definition) is 4. The Morgan fingerprint density at radius 1 is 0.361 bits per heavy atom. The highest BCUT2D eigenvalue weighted by Gasteiger charge is 2.45. The summed E-state index contributed by atoms with van der Waals surface area (Å²) >= 11 is 0. The van der Waals surface area contributed by atoms with Crippen molar-refractivity contribution in [2.45, 2.75) is 74.7 Å². The standard InChI is InChI=1S/C77H62BN3O2/c1-43-34-67-71-68(35-43)81(74-48(6)38-51(39-49(74)7)54-26-19-28-59-57-24-13-16-31-70(57)83-76(54)59)66-42-65-60(55-22-11-14-29-63(55)79(65)72-44(2)20-17-21-45(72)3)41-62(66)78(71)61-40-52(77(8,9)10)32-33-64(61)80(67)73-46(4)36-50(37-47(73)5)53-25-18-27-58-56-23-12-15-30-69(56)82-75(53)58/h11-42H,1-10H3. The molecule has 5 heterocycles. The van der Waals surface area contributed by atoms with Gasteiger partial charge in [-0.3, -0.25) is 0 Å². The molecule has 11 aromatic carbocycles. The van der Waals surface area contributed by atoms with E-state index in [-0.39, 0.29) is 12.1 Å². The van der Waals surface area contributed by atoms with Gasteiger partial charge >= 0.3 is 0 Å². The van der Waals surface area contributed by atoms with Gasteiger partial charge in [-0.15, -0.1) is 0 Å². The Bertz CT molecular complexity index is 5070. The summed E-state index contributed by atoms with van der Waals surface area (Å²) in [5.41, 5.74) is 32.5. The lowest BCUT2D eigenvalue weighted by Crippen LogP contribution is -2.61. The maximum Gasteiger partial charge on any atom is 0.252 e. The molecule has 2 aliphatic rings. The zero-order valence-electron chi connectivity index (χ0n) is 48.7. The van der Waals surface area contributed by atoms with Crippen LogP contribution in [0.1, 0.15) is 65.3 Å². The minimum atomic E-state index is -0.101. The molecule has 0 bridgehead atoms. The molecule has 6 heteroatoms. The zero-order valence-corrected chi connectivity index (χ0v) is 48.7. The third kappa shape index (κ3) is 7.15. The second-order valence-corrected chi connectivity index (χ2v) is 24.8. The van der Waals surface area contributed by atoms with Gasteiger partial charge in [0.2, 0.25) is 0 Å². The number of furan rings is 2. The summed E-state index contributed by atoms with van der Waals surface area (Å²) in [6.07, 6.45) is 0. The van der Waals surface area contributed by atoms with Crippen LogP contribution in [0.2, 0.25) is 0 Å². The fourth-order valence-electron chi connectivity index (χ4n) is 14.8.